The van der Waals surface area contributed by atoms with Crippen molar-refractivity contribution in [2.75, 3.05) is 0 Å². The normalized spacial score (nSPS) is 0. The molecule has 3 radical (unpaired) electrons. The summed E-state index contributed by atoms with van der Waals surface area (Å²) in [5.41, 5.74) is 0. The van der Waals surface area contributed by atoms with Gasteiger partial charge in [0.2, 0.25) is 0 Å². The fourth-order valence-corrected chi connectivity index (χ4v) is 0. The summed E-state index contributed by atoms with van der Waals surface area (Å²) in [6.45, 7) is 0. The maximum absolute atomic E-state index is 0. The fourth-order valence-electron chi connectivity index (χ4n) is 0. The average Bonchev–Trinajstić information content (AvgIpc) is 0. The summed E-state index contributed by atoms with van der Waals surface area (Å²) in [6.07, 6.45) is 0. The van der Waals surface area contributed by atoms with Crippen LogP contribution in [0, 0.1) is 0 Å². The Balaban J connectivity index is 0. The van der Waals surface area contributed by atoms with Crippen molar-refractivity contribution in [2.24, 2.45) is 0 Å². The van der Waals surface area contributed by atoms with Crippen LogP contribution >= 0.6 is 9.90 Å². The van der Waals surface area contributed by atoms with Crippen LogP contribution in [0.5, 0.6) is 0 Å². The van der Waals surface area contributed by atoms with Crippen molar-refractivity contribution < 1.29 is 20.3 Å². The van der Waals surface area contributed by atoms with Crippen molar-refractivity contribution in [3.63, 3.8) is 0 Å². The van der Waals surface area contributed by atoms with Crippen LogP contribution in [0.2, 0.25) is 0 Å². The third-order valence-corrected chi connectivity index (χ3v) is 0. The molecule has 0 amide bonds. The van der Waals surface area contributed by atoms with E-state index < -0.39 is 0 Å². The van der Waals surface area contributed by atoms with Gasteiger partial charge in [-0.1, -0.05) is 0 Å². The third kappa shape index (κ3) is 8.83. The minimum atomic E-state index is 0. The van der Waals surface area contributed by atoms with E-state index in [1.165, 1.54) is 0 Å². The Bertz CT molecular complexity index is 11.6. The van der Waals surface area contributed by atoms with Crippen LogP contribution in [0.25, 0.3) is 0 Å². The van der Waals surface area contributed by atoms with E-state index in [0.29, 0.717) is 0 Å². The second kappa shape index (κ2) is 18.1. The Morgan fingerprint density at radius 1 is 1.25 bits per heavy atom. The van der Waals surface area contributed by atoms with Crippen LogP contribution in [-0.4, -0.2) is 42.9 Å². The fraction of sp³-hybridized carbons (Fsp3) is 0. The number of rotatable bonds is 0. The van der Waals surface area contributed by atoms with Crippen LogP contribution in [-0.2, 0) is 0 Å². The van der Waals surface area contributed by atoms with Crippen molar-refractivity contribution >= 4 is 52.8 Å². The first-order valence-electron chi connectivity index (χ1n) is 0. The Labute approximate surface area is 72.4 Å². The molecule has 21 valence electrons. The zero-order valence-electron chi connectivity index (χ0n) is 3.86. The first kappa shape index (κ1) is 32.2. The molecule has 1 atom stereocenters. The third-order valence-electron chi connectivity index (χ3n) is 0. The van der Waals surface area contributed by atoms with Gasteiger partial charge in [-0.15, -0.1) is 0 Å². The summed E-state index contributed by atoms with van der Waals surface area (Å²) in [7, 11) is 0. The van der Waals surface area contributed by atoms with Gasteiger partial charge in [-0.05, 0) is 0 Å². The van der Waals surface area contributed by atoms with Gasteiger partial charge < -0.3 is 1.43 Å². The van der Waals surface area contributed by atoms with Crippen LogP contribution in [0.3, 0.4) is 0 Å². The zero-order valence-corrected chi connectivity index (χ0v) is 10.2. The molecule has 4 heavy (non-hydrogen) atoms. The van der Waals surface area contributed by atoms with E-state index in [4.69, 9.17) is 0 Å². The van der Waals surface area contributed by atoms with Crippen molar-refractivity contribution in [1.82, 2.24) is 0 Å². The topological polar surface area (TPSA) is 0 Å². The molecule has 0 aromatic heterocycles. The summed E-state index contributed by atoms with van der Waals surface area (Å²) in [5, 5.41) is 0. The summed E-state index contributed by atoms with van der Waals surface area (Å²) in [5.74, 6) is 0. The van der Waals surface area contributed by atoms with Gasteiger partial charge in [0, 0.05) is 0 Å². The molecule has 0 saturated heterocycles. The van der Waals surface area contributed by atoms with E-state index in [2.05, 4.69) is 0 Å². The second-order valence-corrected chi connectivity index (χ2v) is 0. The quantitative estimate of drug-likeness (QED) is 0.297. The first-order chi connectivity index (χ1) is 0. The van der Waals surface area contributed by atoms with E-state index in [-0.39, 0.29) is 73.1 Å². The number of hydrogen-bond acceptors (Lipinski definition) is 0. The molecule has 0 saturated carbocycles. The van der Waals surface area contributed by atoms with E-state index >= 15 is 0 Å². The average molecular weight is 238 g/mol. The Kier molecular flexibility index (Phi) is 146. The van der Waals surface area contributed by atoms with Crippen molar-refractivity contribution in [3.8, 4) is 0 Å². The maximum atomic E-state index is 0. The van der Waals surface area contributed by atoms with Crippen LogP contribution in [0.15, 0.2) is 0 Å². The zero-order chi connectivity index (χ0) is 0. The molecular weight excluding hydrogens is 232 g/mol. The van der Waals surface area contributed by atoms with Gasteiger partial charge in [0.15, 0.2) is 0 Å². The molecular formula is H6InLiPSe. The van der Waals surface area contributed by atoms with Gasteiger partial charge in [0.1, 0.15) is 0 Å². The summed E-state index contributed by atoms with van der Waals surface area (Å²) >= 11 is 0. The minimum absolute atomic E-state index is 0. The van der Waals surface area contributed by atoms with Crippen LogP contribution < -0.4 is 18.9 Å². The standard InChI is InChI=1S/In.Li.H3P.HSe.2H/h;;1H3;1H;;/q;+1;;;;-1. The van der Waals surface area contributed by atoms with Crippen molar-refractivity contribution in [3.05, 3.63) is 0 Å². The van der Waals surface area contributed by atoms with E-state index in [9.17, 15) is 0 Å². The summed E-state index contributed by atoms with van der Waals surface area (Å²) in [4.78, 5) is 0. The molecule has 0 aliphatic heterocycles. The van der Waals surface area contributed by atoms with E-state index in [1.807, 2.05) is 0 Å². The molecule has 1 unspecified atom stereocenters. The van der Waals surface area contributed by atoms with Crippen molar-refractivity contribution in [2.45, 2.75) is 0 Å². The van der Waals surface area contributed by atoms with Gasteiger partial charge >= 0.3 is 61.8 Å². The van der Waals surface area contributed by atoms with Gasteiger partial charge in [-0.25, -0.2) is 0 Å². The molecule has 0 heterocycles. The Morgan fingerprint density at radius 2 is 1.25 bits per heavy atom. The molecule has 4 heteroatoms. The van der Waals surface area contributed by atoms with Crippen LogP contribution in [0.4, 0.5) is 0 Å². The van der Waals surface area contributed by atoms with Crippen molar-refractivity contribution in [1.29, 1.82) is 0 Å². The molecule has 0 fully saturated rings. The summed E-state index contributed by atoms with van der Waals surface area (Å²) in [6, 6.07) is 0. The Hall–Kier alpha value is 2.42. The van der Waals surface area contributed by atoms with Crippen LogP contribution in [0.1, 0.15) is 1.43 Å². The molecule has 0 spiro atoms. The molecule has 0 aliphatic carbocycles. The molecule has 0 aliphatic rings. The predicted octanol–water partition coefficient (Wildman–Crippen LogP) is -4.12. The molecule has 0 rings (SSSR count). The Morgan fingerprint density at radius 3 is 1.25 bits per heavy atom. The molecule has 0 aromatic carbocycles. The van der Waals surface area contributed by atoms with Gasteiger partial charge in [-0.3, -0.25) is 0 Å². The van der Waals surface area contributed by atoms with Gasteiger partial charge in [0.25, 0.3) is 0 Å². The molecule has 0 aromatic rings. The molecule has 0 N–H and O–H groups in total. The van der Waals surface area contributed by atoms with E-state index in [0.717, 1.165) is 0 Å². The molecule has 0 bridgehead atoms. The second-order valence-electron chi connectivity index (χ2n) is 0. The monoisotopic (exact) mass is 239 g/mol. The van der Waals surface area contributed by atoms with Gasteiger partial charge in [-0.2, -0.15) is 9.90 Å². The first-order valence-corrected chi connectivity index (χ1v) is 0. The number of hydrogen-bond donors (Lipinski definition) is 0. The predicted molar refractivity (Wildman–Crippen MR) is 26.5 cm³/mol. The summed E-state index contributed by atoms with van der Waals surface area (Å²) < 4.78 is 0. The van der Waals surface area contributed by atoms with Gasteiger partial charge in [0.05, 0.1) is 0 Å². The molecule has 0 nitrogen and oxygen atoms in total. The van der Waals surface area contributed by atoms with E-state index in [1.54, 1.807) is 0 Å². The SMILES string of the molecule is P.[H-].[InH].[Li+].[SeH].